The number of halogens is 2. The molecule has 88 valence electrons. The molecule has 1 aromatic carbocycles. The molecule has 0 fully saturated rings. The molecule has 0 aliphatic heterocycles. The van der Waals surface area contributed by atoms with Crippen molar-refractivity contribution in [1.82, 2.24) is 4.98 Å². The topological polar surface area (TPSA) is 22.1 Å². The summed E-state index contributed by atoms with van der Waals surface area (Å²) in [5.41, 5.74) is 1.73. The number of benzene rings is 1. The third-order valence-electron chi connectivity index (χ3n) is 2.35. The van der Waals surface area contributed by atoms with E-state index in [0.717, 1.165) is 17.0 Å². The van der Waals surface area contributed by atoms with Crippen molar-refractivity contribution in [3.8, 4) is 11.5 Å². The van der Waals surface area contributed by atoms with Gasteiger partial charge in [0.15, 0.2) is 0 Å². The van der Waals surface area contributed by atoms with Crippen molar-refractivity contribution in [2.45, 2.75) is 12.8 Å². The lowest BCUT2D eigenvalue weighted by atomic mass is 10.2. The molecule has 0 bridgehead atoms. The third-order valence-corrected chi connectivity index (χ3v) is 2.99. The number of rotatable bonds is 3. The lowest BCUT2D eigenvalue weighted by Gasteiger charge is -2.09. The van der Waals surface area contributed by atoms with E-state index < -0.39 is 0 Å². The van der Waals surface area contributed by atoms with Crippen LogP contribution in [0, 0.1) is 6.92 Å². The normalized spacial score (nSPS) is 10.3. The van der Waals surface area contributed by atoms with E-state index in [-0.39, 0.29) is 0 Å². The first-order valence-electron chi connectivity index (χ1n) is 5.14. The molecule has 0 aliphatic rings. The zero-order valence-corrected chi connectivity index (χ0v) is 10.8. The molecule has 2 aromatic rings. The van der Waals surface area contributed by atoms with Crippen LogP contribution in [0.15, 0.2) is 36.5 Å². The van der Waals surface area contributed by atoms with Gasteiger partial charge in [-0.3, -0.25) is 4.98 Å². The average molecular weight is 268 g/mol. The van der Waals surface area contributed by atoms with Crippen molar-refractivity contribution >= 4 is 23.2 Å². The predicted octanol–water partition coefficient (Wildman–Crippen LogP) is 4.57. The van der Waals surface area contributed by atoms with Gasteiger partial charge in [-0.05, 0) is 36.8 Å². The number of alkyl halides is 1. The van der Waals surface area contributed by atoms with Crippen molar-refractivity contribution in [3.63, 3.8) is 0 Å². The molecule has 2 rings (SSSR count). The van der Waals surface area contributed by atoms with E-state index in [9.17, 15) is 0 Å². The Morgan fingerprint density at radius 3 is 2.76 bits per heavy atom. The highest BCUT2D eigenvalue weighted by Gasteiger charge is 2.04. The molecule has 0 radical (unpaired) electrons. The fraction of sp³-hybridized carbons (Fsp3) is 0.154. The van der Waals surface area contributed by atoms with E-state index in [1.807, 2.05) is 31.2 Å². The number of hydrogen-bond acceptors (Lipinski definition) is 2. The second-order valence-electron chi connectivity index (χ2n) is 3.58. The van der Waals surface area contributed by atoms with Crippen molar-refractivity contribution in [1.29, 1.82) is 0 Å². The van der Waals surface area contributed by atoms with Crippen LogP contribution in [0.3, 0.4) is 0 Å². The molecule has 0 saturated heterocycles. The van der Waals surface area contributed by atoms with Gasteiger partial charge in [-0.1, -0.05) is 17.7 Å². The summed E-state index contributed by atoms with van der Waals surface area (Å²) >= 11 is 11.8. The molecule has 0 aliphatic carbocycles. The van der Waals surface area contributed by atoms with E-state index in [4.69, 9.17) is 27.9 Å². The highest BCUT2D eigenvalue weighted by Crippen LogP contribution is 2.28. The third kappa shape index (κ3) is 2.90. The lowest BCUT2D eigenvalue weighted by molar-refractivity contribution is 0.475. The number of aromatic nitrogens is 1. The number of nitrogens with zero attached hydrogens (tertiary/aromatic N) is 1. The molecule has 4 heteroatoms. The Morgan fingerprint density at radius 1 is 1.29 bits per heavy atom. The fourth-order valence-electron chi connectivity index (χ4n) is 1.40. The SMILES string of the molecule is Cc1ncccc1Oc1ccc(CCl)c(Cl)c1. The van der Waals surface area contributed by atoms with E-state index in [2.05, 4.69) is 4.98 Å². The molecule has 0 unspecified atom stereocenters. The Bertz CT molecular complexity index is 529. The minimum absolute atomic E-state index is 0.394. The maximum atomic E-state index is 6.06. The predicted molar refractivity (Wildman–Crippen MR) is 70.1 cm³/mol. The monoisotopic (exact) mass is 267 g/mol. The van der Waals surface area contributed by atoms with Crippen molar-refractivity contribution < 1.29 is 4.74 Å². The Hall–Kier alpha value is -1.25. The summed E-state index contributed by atoms with van der Waals surface area (Å²) in [7, 11) is 0. The van der Waals surface area contributed by atoms with Gasteiger partial charge in [0.2, 0.25) is 0 Å². The first kappa shape index (κ1) is 12.2. The van der Waals surface area contributed by atoms with Crippen LogP contribution < -0.4 is 4.74 Å². The summed E-state index contributed by atoms with van der Waals surface area (Å²) < 4.78 is 5.70. The van der Waals surface area contributed by atoms with Crippen molar-refractivity contribution in [3.05, 3.63) is 52.8 Å². The van der Waals surface area contributed by atoms with Gasteiger partial charge in [-0.2, -0.15) is 0 Å². The van der Waals surface area contributed by atoms with Gasteiger partial charge >= 0.3 is 0 Å². The van der Waals surface area contributed by atoms with Gasteiger partial charge in [-0.15, -0.1) is 11.6 Å². The molecule has 17 heavy (non-hydrogen) atoms. The molecular formula is C13H11Cl2NO. The summed E-state index contributed by atoms with van der Waals surface area (Å²) in [6.07, 6.45) is 1.73. The molecule has 0 N–H and O–H groups in total. The highest BCUT2D eigenvalue weighted by atomic mass is 35.5. The van der Waals surface area contributed by atoms with E-state index in [1.54, 1.807) is 12.3 Å². The van der Waals surface area contributed by atoms with Crippen LogP contribution >= 0.6 is 23.2 Å². The van der Waals surface area contributed by atoms with Gasteiger partial charge in [0.05, 0.1) is 5.69 Å². The summed E-state index contributed by atoms with van der Waals surface area (Å²) in [4.78, 5) is 4.15. The second-order valence-corrected chi connectivity index (χ2v) is 4.25. The zero-order chi connectivity index (χ0) is 12.3. The van der Waals surface area contributed by atoms with Crippen molar-refractivity contribution in [2.24, 2.45) is 0 Å². The van der Waals surface area contributed by atoms with Crippen LogP contribution in [0.2, 0.25) is 5.02 Å². The van der Waals surface area contributed by atoms with E-state index in [0.29, 0.717) is 16.7 Å². The van der Waals surface area contributed by atoms with Gasteiger partial charge in [0, 0.05) is 17.1 Å². The smallest absolute Gasteiger partial charge is 0.148 e. The maximum absolute atomic E-state index is 6.06. The van der Waals surface area contributed by atoms with Gasteiger partial charge in [-0.25, -0.2) is 0 Å². The van der Waals surface area contributed by atoms with Crippen LogP contribution in [0.4, 0.5) is 0 Å². The van der Waals surface area contributed by atoms with Crippen LogP contribution in [0.25, 0.3) is 0 Å². The first-order chi connectivity index (χ1) is 8.20. The standard InChI is InChI=1S/C13H11Cl2NO/c1-9-13(3-2-6-16-9)17-11-5-4-10(8-14)12(15)7-11/h2-7H,8H2,1H3. The van der Waals surface area contributed by atoms with Gasteiger partial charge in [0.1, 0.15) is 11.5 Å². The van der Waals surface area contributed by atoms with Gasteiger partial charge < -0.3 is 4.74 Å². The summed E-state index contributed by atoms with van der Waals surface area (Å²) in [5.74, 6) is 1.80. The van der Waals surface area contributed by atoms with Crippen LogP contribution in [-0.2, 0) is 5.88 Å². The zero-order valence-electron chi connectivity index (χ0n) is 9.28. The Morgan fingerprint density at radius 2 is 2.12 bits per heavy atom. The second kappa shape index (κ2) is 5.39. The molecule has 1 heterocycles. The van der Waals surface area contributed by atoms with Gasteiger partial charge in [0.25, 0.3) is 0 Å². The number of pyridine rings is 1. The Balaban J connectivity index is 2.25. The highest BCUT2D eigenvalue weighted by molar-refractivity contribution is 6.32. The molecule has 0 amide bonds. The number of aryl methyl sites for hydroxylation is 1. The molecule has 0 spiro atoms. The van der Waals surface area contributed by atoms with Crippen LogP contribution in [0.5, 0.6) is 11.5 Å². The Kier molecular flexibility index (Phi) is 3.87. The molecule has 2 nitrogen and oxygen atoms in total. The molecule has 1 aromatic heterocycles. The lowest BCUT2D eigenvalue weighted by Crippen LogP contribution is -1.90. The fourth-order valence-corrected chi connectivity index (χ4v) is 1.94. The molecule has 0 atom stereocenters. The van der Waals surface area contributed by atoms with Crippen LogP contribution in [-0.4, -0.2) is 4.98 Å². The summed E-state index contributed by atoms with van der Waals surface area (Å²) in [6.45, 7) is 1.89. The summed E-state index contributed by atoms with van der Waals surface area (Å²) in [6, 6.07) is 9.15. The first-order valence-corrected chi connectivity index (χ1v) is 6.06. The molecular weight excluding hydrogens is 257 g/mol. The van der Waals surface area contributed by atoms with Crippen LogP contribution in [0.1, 0.15) is 11.3 Å². The largest absolute Gasteiger partial charge is 0.455 e. The number of hydrogen-bond donors (Lipinski definition) is 0. The summed E-state index contributed by atoms with van der Waals surface area (Å²) in [5, 5.41) is 0.610. The van der Waals surface area contributed by atoms with Crippen molar-refractivity contribution in [2.75, 3.05) is 0 Å². The Labute approximate surface area is 110 Å². The molecule has 0 saturated carbocycles. The number of ether oxygens (including phenoxy) is 1. The quantitative estimate of drug-likeness (QED) is 0.760. The van der Waals surface area contributed by atoms with E-state index in [1.165, 1.54) is 0 Å². The average Bonchev–Trinajstić information content (AvgIpc) is 2.32. The van der Waals surface area contributed by atoms with E-state index >= 15 is 0 Å². The minimum atomic E-state index is 0.394. The maximum Gasteiger partial charge on any atom is 0.148 e. The minimum Gasteiger partial charge on any atom is -0.455 e.